The van der Waals surface area contributed by atoms with Crippen molar-refractivity contribution in [1.82, 2.24) is 9.88 Å². The molecule has 0 saturated carbocycles. The second-order valence-electron chi connectivity index (χ2n) is 5.44. The molecule has 1 aromatic heterocycles. The molecule has 0 saturated heterocycles. The number of ether oxygens (including phenoxy) is 1. The molecule has 1 atom stereocenters. The van der Waals surface area contributed by atoms with Gasteiger partial charge in [0.05, 0.1) is 13.2 Å². The van der Waals surface area contributed by atoms with Gasteiger partial charge >= 0.3 is 0 Å². The average molecular weight is 310 g/mol. The van der Waals surface area contributed by atoms with Crippen LogP contribution in [0.2, 0.25) is 0 Å². The molecule has 4 nitrogen and oxygen atoms in total. The van der Waals surface area contributed by atoms with E-state index in [0.29, 0.717) is 0 Å². The fourth-order valence-electron chi connectivity index (χ4n) is 2.37. The van der Waals surface area contributed by atoms with Crippen LogP contribution < -0.4 is 4.74 Å². The Balaban J connectivity index is 2.19. The molecular formula is C19H22N2O2. The SMILES string of the molecule is COc1ccccc1C(C)=CC(=O)N(C)C(C)c1cccnc1. The van der Waals surface area contributed by atoms with Gasteiger partial charge in [0.2, 0.25) is 5.91 Å². The number of allylic oxidation sites excluding steroid dienone is 1. The second kappa shape index (κ2) is 7.58. The molecule has 1 amide bonds. The zero-order valence-electron chi connectivity index (χ0n) is 14.0. The summed E-state index contributed by atoms with van der Waals surface area (Å²) in [5.41, 5.74) is 2.80. The van der Waals surface area contributed by atoms with Crippen LogP contribution >= 0.6 is 0 Å². The molecule has 4 heteroatoms. The molecule has 0 radical (unpaired) electrons. The first-order chi connectivity index (χ1) is 11.0. The van der Waals surface area contributed by atoms with Crippen molar-refractivity contribution < 1.29 is 9.53 Å². The van der Waals surface area contributed by atoms with Gasteiger partial charge in [-0.1, -0.05) is 24.3 Å². The van der Waals surface area contributed by atoms with Gasteiger partial charge in [0.25, 0.3) is 0 Å². The van der Waals surface area contributed by atoms with Crippen LogP contribution in [0.1, 0.15) is 31.0 Å². The van der Waals surface area contributed by atoms with Gasteiger partial charge < -0.3 is 9.64 Å². The maximum absolute atomic E-state index is 12.5. The highest BCUT2D eigenvalue weighted by molar-refractivity contribution is 5.95. The molecule has 0 fully saturated rings. The molecule has 1 heterocycles. The van der Waals surface area contributed by atoms with Gasteiger partial charge in [0.1, 0.15) is 5.75 Å². The number of amides is 1. The van der Waals surface area contributed by atoms with Crippen LogP contribution in [0.25, 0.3) is 5.57 Å². The lowest BCUT2D eigenvalue weighted by atomic mass is 10.1. The number of hydrogen-bond donors (Lipinski definition) is 0. The van der Waals surface area contributed by atoms with Gasteiger partial charge in [-0.3, -0.25) is 9.78 Å². The molecule has 0 aliphatic heterocycles. The van der Waals surface area contributed by atoms with Crippen molar-refractivity contribution in [2.45, 2.75) is 19.9 Å². The van der Waals surface area contributed by atoms with Gasteiger partial charge in [0, 0.05) is 31.1 Å². The third-order valence-corrected chi connectivity index (χ3v) is 3.97. The number of pyridine rings is 1. The van der Waals surface area contributed by atoms with Crippen LogP contribution in [0.3, 0.4) is 0 Å². The van der Waals surface area contributed by atoms with Gasteiger partial charge in [-0.15, -0.1) is 0 Å². The minimum Gasteiger partial charge on any atom is -0.496 e. The van der Waals surface area contributed by atoms with E-state index in [9.17, 15) is 4.79 Å². The van der Waals surface area contributed by atoms with Crippen molar-refractivity contribution in [3.8, 4) is 5.75 Å². The lowest BCUT2D eigenvalue weighted by Crippen LogP contribution is -2.28. The zero-order valence-corrected chi connectivity index (χ0v) is 14.0. The van der Waals surface area contributed by atoms with E-state index in [4.69, 9.17) is 4.74 Å². The van der Waals surface area contributed by atoms with Crippen molar-refractivity contribution in [2.24, 2.45) is 0 Å². The normalized spacial score (nSPS) is 12.6. The number of hydrogen-bond acceptors (Lipinski definition) is 3. The highest BCUT2D eigenvalue weighted by Gasteiger charge is 2.16. The minimum absolute atomic E-state index is 0.0436. The van der Waals surface area contributed by atoms with Crippen molar-refractivity contribution >= 4 is 11.5 Å². The minimum atomic E-state index is -0.0511. The molecule has 120 valence electrons. The fraction of sp³-hybridized carbons (Fsp3) is 0.263. The van der Waals surface area contributed by atoms with Crippen molar-refractivity contribution in [2.75, 3.05) is 14.2 Å². The summed E-state index contributed by atoms with van der Waals surface area (Å²) in [4.78, 5) is 18.3. The molecular weight excluding hydrogens is 288 g/mol. The zero-order chi connectivity index (χ0) is 16.8. The summed E-state index contributed by atoms with van der Waals surface area (Å²) in [6, 6.07) is 11.5. The van der Waals surface area contributed by atoms with E-state index in [1.807, 2.05) is 50.2 Å². The van der Waals surface area contributed by atoms with E-state index in [2.05, 4.69) is 4.98 Å². The predicted molar refractivity (Wildman–Crippen MR) is 92.1 cm³/mol. The van der Waals surface area contributed by atoms with E-state index < -0.39 is 0 Å². The molecule has 1 aromatic carbocycles. The van der Waals surface area contributed by atoms with Gasteiger partial charge in [-0.05, 0) is 37.1 Å². The fourth-order valence-corrected chi connectivity index (χ4v) is 2.37. The standard InChI is InChI=1S/C19H22N2O2/c1-14(17-9-5-6-10-18(17)23-4)12-19(22)21(3)15(2)16-8-7-11-20-13-16/h5-13,15H,1-4H3. The highest BCUT2D eigenvalue weighted by atomic mass is 16.5. The Morgan fingerprint density at radius 2 is 2.00 bits per heavy atom. The topological polar surface area (TPSA) is 42.4 Å². The van der Waals surface area contributed by atoms with E-state index >= 15 is 0 Å². The van der Waals surface area contributed by atoms with Crippen LogP contribution in [-0.4, -0.2) is 29.9 Å². The first-order valence-corrected chi connectivity index (χ1v) is 7.53. The smallest absolute Gasteiger partial charge is 0.247 e. The number of aromatic nitrogens is 1. The van der Waals surface area contributed by atoms with E-state index in [-0.39, 0.29) is 11.9 Å². The number of rotatable bonds is 5. The molecule has 0 aliphatic rings. The Hall–Kier alpha value is -2.62. The summed E-state index contributed by atoms with van der Waals surface area (Å²) in [7, 11) is 3.43. The second-order valence-corrected chi connectivity index (χ2v) is 5.44. The summed E-state index contributed by atoms with van der Waals surface area (Å²) in [6.45, 7) is 3.90. The number of carbonyl (C=O) groups is 1. The van der Waals surface area contributed by atoms with Crippen molar-refractivity contribution in [1.29, 1.82) is 0 Å². The monoisotopic (exact) mass is 310 g/mol. The van der Waals surface area contributed by atoms with Crippen LogP contribution in [-0.2, 0) is 4.79 Å². The number of nitrogens with zero attached hydrogens (tertiary/aromatic N) is 2. The summed E-state index contributed by atoms with van der Waals surface area (Å²) in [5, 5.41) is 0. The summed E-state index contributed by atoms with van der Waals surface area (Å²) in [5.74, 6) is 0.710. The lowest BCUT2D eigenvalue weighted by Gasteiger charge is -2.24. The van der Waals surface area contributed by atoms with Crippen LogP contribution in [0, 0.1) is 0 Å². The summed E-state index contributed by atoms with van der Waals surface area (Å²) < 4.78 is 5.35. The molecule has 23 heavy (non-hydrogen) atoms. The Morgan fingerprint density at radius 3 is 2.65 bits per heavy atom. The molecule has 2 aromatic rings. The van der Waals surface area contributed by atoms with Gasteiger partial charge in [-0.2, -0.15) is 0 Å². The van der Waals surface area contributed by atoms with E-state index in [0.717, 1.165) is 22.4 Å². The third-order valence-electron chi connectivity index (χ3n) is 3.97. The first-order valence-electron chi connectivity index (χ1n) is 7.53. The average Bonchev–Trinajstić information content (AvgIpc) is 2.60. The number of para-hydroxylation sites is 1. The largest absolute Gasteiger partial charge is 0.496 e. The number of likely N-dealkylation sites (N-methyl/N-ethyl adjacent to an activating group) is 1. The predicted octanol–water partition coefficient (Wildman–Crippen LogP) is 3.71. The summed E-state index contributed by atoms with van der Waals surface area (Å²) in [6.07, 6.45) is 5.15. The van der Waals surface area contributed by atoms with Gasteiger partial charge in [-0.25, -0.2) is 0 Å². The van der Waals surface area contributed by atoms with Crippen molar-refractivity contribution in [3.63, 3.8) is 0 Å². The molecule has 0 aliphatic carbocycles. The van der Waals surface area contributed by atoms with Gasteiger partial charge in [0.15, 0.2) is 0 Å². The third kappa shape index (κ3) is 3.97. The van der Waals surface area contributed by atoms with E-state index in [1.165, 1.54) is 0 Å². The van der Waals surface area contributed by atoms with Crippen LogP contribution in [0.5, 0.6) is 5.75 Å². The molecule has 0 bridgehead atoms. The molecule has 0 N–H and O–H groups in total. The van der Waals surface area contributed by atoms with E-state index in [1.54, 1.807) is 37.5 Å². The molecule has 0 spiro atoms. The maximum atomic E-state index is 12.5. The Kier molecular flexibility index (Phi) is 5.52. The van der Waals surface area contributed by atoms with Crippen LogP contribution in [0.15, 0.2) is 54.9 Å². The number of benzene rings is 1. The first kappa shape index (κ1) is 16.7. The Labute approximate surface area is 137 Å². The lowest BCUT2D eigenvalue weighted by molar-refractivity contribution is -0.126. The number of carbonyl (C=O) groups excluding carboxylic acids is 1. The Bertz CT molecular complexity index is 696. The quantitative estimate of drug-likeness (QED) is 0.791. The summed E-state index contributed by atoms with van der Waals surface area (Å²) >= 11 is 0. The van der Waals surface area contributed by atoms with Crippen molar-refractivity contribution in [3.05, 3.63) is 66.0 Å². The highest BCUT2D eigenvalue weighted by Crippen LogP contribution is 2.26. The Morgan fingerprint density at radius 1 is 1.26 bits per heavy atom. The number of methoxy groups -OCH3 is 1. The van der Waals surface area contributed by atoms with Crippen LogP contribution in [0.4, 0.5) is 0 Å². The molecule has 1 unspecified atom stereocenters. The molecule has 2 rings (SSSR count). The maximum Gasteiger partial charge on any atom is 0.247 e.